The van der Waals surface area contributed by atoms with Gasteiger partial charge in [-0.2, -0.15) is 5.26 Å². The molecule has 2 amide bonds. The van der Waals surface area contributed by atoms with Crippen LogP contribution in [0.15, 0.2) is 41.3 Å². The maximum absolute atomic E-state index is 14.1. The number of benzene rings is 1. The first kappa shape index (κ1) is 29.2. The Hall–Kier alpha value is -4.26. The molecule has 10 heteroatoms. The Bertz CT molecular complexity index is 1650. The molecule has 0 radical (unpaired) electrons. The number of aryl methyl sites for hydroxylation is 2. The van der Waals surface area contributed by atoms with Crippen molar-refractivity contribution in [1.29, 1.82) is 5.26 Å². The van der Waals surface area contributed by atoms with Gasteiger partial charge in [-0.25, -0.2) is 9.97 Å². The number of aromatic nitrogens is 3. The summed E-state index contributed by atoms with van der Waals surface area (Å²) in [5, 5.41) is 17.0. The van der Waals surface area contributed by atoms with Crippen LogP contribution in [-0.4, -0.2) is 56.3 Å². The van der Waals surface area contributed by atoms with Crippen molar-refractivity contribution in [2.24, 2.45) is 22.7 Å². The van der Waals surface area contributed by atoms with Crippen LogP contribution in [0.2, 0.25) is 0 Å². The first-order chi connectivity index (χ1) is 19.7. The molecule has 10 nitrogen and oxygen atoms in total. The Balaban J connectivity index is 1.38. The van der Waals surface area contributed by atoms with E-state index in [4.69, 9.17) is 0 Å². The number of nitriles is 1. The smallest absolute Gasteiger partial charge is 0.251 e. The molecule has 3 aromatic rings. The highest BCUT2D eigenvalue weighted by Crippen LogP contribution is 2.65. The van der Waals surface area contributed by atoms with Gasteiger partial charge in [-0.15, -0.1) is 0 Å². The maximum Gasteiger partial charge on any atom is 0.251 e. The van der Waals surface area contributed by atoms with Crippen molar-refractivity contribution >= 4 is 28.5 Å². The molecule has 2 fully saturated rings. The molecule has 3 heterocycles. The number of amides is 2. The van der Waals surface area contributed by atoms with Gasteiger partial charge in [0.1, 0.15) is 29.8 Å². The van der Waals surface area contributed by atoms with Gasteiger partial charge in [0.25, 0.3) is 5.56 Å². The number of hydrogen-bond acceptors (Lipinski definition) is 7. The summed E-state index contributed by atoms with van der Waals surface area (Å²) >= 11 is 0. The van der Waals surface area contributed by atoms with Crippen molar-refractivity contribution in [2.45, 2.75) is 73.0 Å². The Morgan fingerprint density at radius 2 is 1.95 bits per heavy atom. The highest BCUT2D eigenvalue weighted by atomic mass is 16.2. The van der Waals surface area contributed by atoms with Crippen LogP contribution < -0.4 is 16.2 Å². The Kier molecular flexibility index (Phi) is 7.34. The number of fused-ring (bicyclic) bond motifs is 2. The Labute approximate surface area is 245 Å². The molecule has 1 saturated heterocycles. The van der Waals surface area contributed by atoms with Crippen molar-refractivity contribution in [1.82, 2.24) is 25.2 Å². The third-order valence-corrected chi connectivity index (χ3v) is 8.91. The number of nitrogens with one attached hydrogen (secondary N) is 3. The number of pyridine rings is 1. The molecule has 0 spiro atoms. The van der Waals surface area contributed by atoms with Gasteiger partial charge in [-0.05, 0) is 66.2 Å². The van der Waals surface area contributed by atoms with E-state index in [2.05, 4.69) is 45.5 Å². The second-order valence-electron chi connectivity index (χ2n) is 13.4. The number of hydrogen-bond donors (Lipinski definition) is 3. The van der Waals surface area contributed by atoms with E-state index in [0.29, 0.717) is 29.3 Å². The van der Waals surface area contributed by atoms with Gasteiger partial charge >= 0.3 is 0 Å². The molecule has 2 aromatic heterocycles. The standard InChI is InChI=1S/C32H39N7O3/c1-17-8-9-23-19(12-17)13-20(28(40)37-23)14-21(15-33)36-29(41)26-25-22(32(25,6)7)16-39(26)30(42)27(31(3,4)5)38-24-10-11-34-18(2)35-24/h8-13,21-22,25-27H,14,16H2,1-7H3,(H,36,41)(H,37,40)(H,34,35,38). The summed E-state index contributed by atoms with van der Waals surface area (Å²) in [6.07, 6.45) is 1.70. The van der Waals surface area contributed by atoms with E-state index in [1.807, 2.05) is 45.9 Å². The first-order valence-corrected chi connectivity index (χ1v) is 14.4. The SMILES string of the molecule is Cc1ccc2[nH]c(=O)c(CC(C#N)NC(=O)C3C4C(CN3C(=O)C(Nc3ccnc(C)n3)C(C)(C)C)C4(C)C)cc2c1. The molecule has 2 aliphatic rings. The van der Waals surface area contributed by atoms with E-state index in [9.17, 15) is 19.6 Å². The molecule has 5 rings (SSSR count). The van der Waals surface area contributed by atoms with E-state index in [-0.39, 0.29) is 41.0 Å². The van der Waals surface area contributed by atoms with Crippen LogP contribution in [0, 0.1) is 47.8 Å². The monoisotopic (exact) mass is 569 g/mol. The molecule has 1 aliphatic carbocycles. The van der Waals surface area contributed by atoms with E-state index in [0.717, 1.165) is 10.9 Å². The number of likely N-dealkylation sites (tertiary alicyclic amines) is 1. The molecule has 42 heavy (non-hydrogen) atoms. The molecule has 3 N–H and O–H groups in total. The first-order valence-electron chi connectivity index (χ1n) is 14.4. The zero-order valence-corrected chi connectivity index (χ0v) is 25.3. The molecule has 0 bridgehead atoms. The van der Waals surface area contributed by atoms with Gasteiger partial charge in [0, 0.05) is 30.2 Å². The number of aromatic amines is 1. The van der Waals surface area contributed by atoms with Gasteiger partial charge in [-0.1, -0.05) is 46.2 Å². The predicted octanol–water partition coefficient (Wildman–Crippen LogP) is 3.50. The normalized spacial score (nSPS) is 22.1. The summed E-state index contributed by atoms with van der Waals surface area (Å²) in [7, 11) is 0. The summed E-state index contributed by atoms with van der Waals surface area (Å²) in [4.78, 5) is 53.9. The third-order valence-electron chi connectivity index (χ3n) is 8.91. The number of carbonyl (C=O) groups excluding carboxylic acids is 2. The summed E-state index contributed by atoms with van der Waals surface area (Å²) < 4.78 is 0. The zero-order valence-electron chi connectivity index (χ0n) is 25.3. The van der Waals surface area contributed by atoms with Crippen LogP contribution >= 0.6 is 0 Å². The van der Waals surface area contributed by atoms with Crippen LogP contribution in [-0.2, 0) is 16.0 Å². The van der Waals surface area contributed by atoms with Gasteiger partial charge in [-0.3, -0.25) is 14.4 Å². The minimum atomic E-state index is -0.931. The van der Waals surface area contributed by atoms with E-state index < -0.39 is 23.5 Å². The second kappa shape index (κ2) is 10.5. The number of carbonyl (C=O) groups is 2. The molecule has 1 saturated carbocycles. The van der Waals surface area contributed by atoms with Crippen LogP contribution in [0.1, 0.15) is 51.6 Å². The summed E-state index contributed by atoms with van der Waals surface area (Å²) in [6.45, 7) is 14.4. The molecule has 5 unspecified atom stereocenters. The highest BCUT2D eigenvalue weighted by Gasteiger charge is 2.69. The Morgan fingerprint density at radius 3 is 2.62 bits per heavy atom. The largest absolute Gasteiger partial charge is 0.358 e. The number of anilines is 1. The van der Waals surface area contributed by atoms with Crippen LogP contribution in [0.5, 0.6) is 0 Å². The minimum Gasteiger partial charge on any atom is -0.358 e. The van der Waals surface area contributed by atoms with Crippen LogP contribution in [0.25, 0.3) is 10.9 Å². The quantitative estimate of drug-likeness (QED) is 0.395. The number of H-pyrrole nitrogens is 1. The maximum atomic E-state index is 14.1. The van der Waals surface area contributed by atoms with Crippen LogP contribution in [0.4, 0.5) is 5.82 Å². The average molecular weight is 570 g/mol. The number of nitrogens with zero attached hydrogens (tertiary/aromatic N) is 4. The van der Waals surface area contributed by atoms with Crippen molar-refractivity contribution < 1.29 is 9.59 Å². The van der Waals surface area contributed by atoms with Crippen molar-refractivity contribution in [2.75, 3.05) is 11.9 Å². The van der Waals surface area contributed by atoms with Gasteiger partial charge < -0.3 is 20.5 Å². The van der Waals surface area contributed by atoms with Gasteiger partial charge in [0.05, 0.1) is 6.07 Å². The summed E-state index contributed by atoms with van der Waals surface area (Å²) in [6, 6.07) is 9.10. The lowest BCUT2D eigenvalue weighted by molar-refractivity contribution is -0.142. The van der Waals surface area contributed by atoms with Crippen LogP contribution in [0.3, 0.4) is 0 Å². The lowest BCUT2D eigenvalue weighted by atomic mass is 9.85. The van der Waals surface area contributed by atoms with E-state index >= 15 is 0 Å². The lowest BCUT2D eigenvalue weighted by Gasteiger charge is -2.38. The lowest BCUT2D eigenvalue weighted by Crippen LogP contribution is -2.57. The van der Waals surface area contributed by atoms with Gasteiger partial charge in [0.2, 0.25) is 11.8 Å². The predicted molar refractivity (Wildman–Crippen MR) is 160 cm³/mol. The topological polar surface area (TPSA) is 144 Å². The van der Waals surface area contributed by atoms with Crippen molar-refractivity contribution in [3.8, 4) is 6.07 Å². The van der Waals surface area contributed by atoms with Gasteiger partial charge in [0.15, 0.2) is 0 Å². The Morgan fingerprint density at radius 1 is 1.21 bits per heavy atom. The summed E-state index contributed by atoms with van der Waals surface area (Å²) in [5.74, 6) is 0.746. The third kappa shape index (κ3) is 5.48. The fraction of sp³-hybridized carbons (Fsp3) is 0.500. The van der Waals surface area contributed by atoms with E-state index in [1.54, 1.807) is 30.2 Å². The number of piperidine rings is 1. The fourth-order valence-electron chi connectivity index (χ4n) is 6.44. The van der Waals surface area contributed by atoms with Crippen molar-refractivity contribution in [3.63, 3.8) is 0 Å². The molecule has 1 aliphatic heterocycles. The molecule has 220 valence electrons. The fourth-order valence-corrected chi connectivity index (χ4v) is 6.44. The molecule has 5 atom stereocenters. The average Bonchev–Trinajstić information content (AvgIpc) is 3.23. The van der Waals surface area contributed by atoms with E-state index in [1.165, 1.54) is 0 Å². The second-order valence-corrected chi connectivity index (χ2v) is 13.4. The molecular weight excluding hydrogens is 530 g/mol. The number of rotatable bonds is 7. The van der Waals surface area contributed by atoms with Crippen molar-refractivity contribution in [3.05, 3.63) is 63.8 Å². The summed E-state index contributed by atoms with van der Waals surface area (Å²) in [5.41, 5.74) is 1.32. The zero-order chi connectivity index (χ0) is 30.6. The highest BCUT2D eigenvalue weighted by molar-refractivity contribution is 5.93. The minimum absolute atomic E-state index is 0.0187. The molecular formula is C32H39N7O3. The molecule has 1 aromatic carbocycles.